The van der Waals surface area contributed by atoms with Crippen molar-refractivity contribution in [2.75, 3.05) is 11.9 Å². The highest BCUT2D eigenvalue weighted by atomic mass is 32.2. The van der Waals surface area contributed by atoms with E-state index in [-0.39, 0.29) is 10.6 Å². The van der Waals surface area contributed by atoms with Gasteiger partial charge in [0.15, 0.2) is 0 Å². The first-order valence-electron chi connectivity index (χ1n) is 6.48. The molecule has 112 valence electrons. The Bertz CT molecular complexity index is 630. The van der Waals surface area contributed by atoms with Gasteiger partial charge in [-0.3, -0.25) is 10.1 Å². The van der Waals surface area contributed by atoms with E-state index in [1.807, 2.05) is 13.0 Å². The number of nitrogens with one attached hydrogen (secondary N) is 1. The Kier molecular flexibility index (Phi) is 5.09. The minimum absolute atomic E-state index is 0.0950. The number of thioether (sulfide) groups is 1. The molecule has 0 unspecified atom stereocenters. The molecule has 0 atom stereocenters. The van der Waals surface area contributed by atoms with E-state index in [2.05, 4.69) is 20.8 Å². The van der Waals surface area contributed by atoms with Crippen LogP contribution in [0.1, 0.15) is 18.9 Å². The van der Waals surface area contributed by atoms with Gasteiger partial charge in [-0.05, 0) is 28.5 Å². The lowest BCUT2D eigenvalue weighted by atomic mass is 10.2. The lowest BCUT2D eigenvalue weighted by Crippen LogP contribution is -2.03. The summed E-state index contributed by atoms with van der Waals surface area (Å²) in [4.78, 5) is 10.8. The van der Waals surface area contributed by atoms with Crippen LogP contribution in [0.25, 0.3) is 0 Å². The van der Waals surface area contributed by atoms with Crippen LogP contribution in [0, 0.1) is 10.1 Å². The Hall–Kier alpha value is -2.16. The van der Waals surface area contributed by atoms with Crippen molar-refractivity contribution < 1.29 is 4.92 Å². The highest BCUT2D eigenvalue weighted by Gasteiger charge is 2.14. The molecule has 0 spiro atoms. The van der Waals surface area contributed by atoms with E-state index < -0.39 is 0 Å². The van der Waals surface area contributed by atoms with E-state index in [1.165, 1.54) is 11.8 Å². The van der Waals surface area contributed by atoms with Crippen LogP contribution in [-0.2, 0) is 12.8 Å². The topological polar surface area (TPSA) is 98.8 Å². The van der Waals surface area contributed by atoms with Crippen LogP contribution in [-0.4, -0.2) is 31.7 Å². The van der Waals surface area contributed by atoms with Gasteiger partial charge in [-0.15, -0.1) is 5.10 Å². The molecule has 0 amide bonds. The second-order valence-electron chi connectivity index (χ2n) is 4.41. The molecule has 1 N–H and O–H groups in total. The van der Waals surface area contributed by atoms with E-state index in [1.54, 1.807) is 23.9 Å². The SMILES string of the molecule is CCCNc1ccc(CSc2nnnn2C)cc1[N+](=O)[O-]. The third-order valence-corrected chi connectivity index (χ3v) is 3.86. The molecular formula is C12H16N6O2S. The summed E-state index contributed by atoms with van der Waals surface area (Å²) in [7, 11) is 1.75. The van der Waals surface area contributed by atoms with Gasteiger partial charge in [-0.2, -0.15) is 0 Å². The summed E-state index contributed by atoms with van der Waals surface area (Å²) in [6, 6.07) is 5.22. The fourth-order valence-electron chi connectivity index (χ4n) is 1.72. The average molecular weight is 308 g/mol. The van der Waals surface area contributed by atoms with E-state index in [9.17, 15) is 10.1 Å². The number of anilines is 1. The number of nitro benzene ring substituents is 1. The van der Waals surface area contributed by atoms with Crippen molar-refractivity contribution in [1.82, 2.24) is 20.2 Å². The average Bonchev–Trinajstić information content (AvgIpc) is 2.88. The maximum atomic E-state index is 11.1. The first kappa shape index (κ1) is 15.2. The van der Waals surface area contributed by atoms with Crippen LogP contribution in [0.15, 0.2) is 23.4 Å². The summed E-state index contributed by atoms with van der Waals surface area (Å²) in [5.74, 6) is 0.573. The van der Waals surface area contributed by atoms with Gasteiger partial charge in [0, 0.05) is 25.4 Å². The number of aryl methyl sites for hydroxylation is 1. The maximum absolute atomic E-state index is 11.1. The molecule has 0 aliphatic carbocycles. The van der Waals surface area contributed by atoms with Gasteiger partial charge in [-0.1, -0.05) is 24.8 Å². The summed E-state index contributed by atoms with van der Waals surface area (Å²) < 4.78 is 1.57. The molecular weight excluding hydrogens is 292 g/mol. The van der Waals surface area contributed by atoms with Crippen LogP contribution in [0.3, 0.4) is 0 Å². The largest absolute Gasteiger partial charge is 0.380 e. The lowest BCUT2D eigenvalue weighted by molar-refractivity contribution is -0.384. The third kappa shape index (κ3) is 3.91. The van der Waals surface area contributed by atoms with Crippen LogP contribution in [0.4, 0.5) is 11.4 Å². The summed E-state index contributed by atoms with van der Waals surface area (Å²) in [6.45, 7) is 2.72. The molecule has 8 nitrogen and oxygen atoms in total. The van der Waals surface area contributed by atoms with Gasteiger partial charge in [0.05, 0.1) is 4.92 Å². The predicted molar refractivity (Wildman–Crippen MR) is 80.2 cm³/mol. The molecule has 2 aromatic rings. The van der Waals surface area contributed by atoms with Gasteiger partial charge < -0.3 is 5.32 Å². The second kappa shape index (κ2) is 7.02. The van der Waals surface area contributed by atoms with E-state index >= 15 is 0 Å². The van der Waals surface area contributed by atoms with Crippen molar-refractivity contribution in [1.29, 1.82) is 0 Å². The zero-order valence-corrected chi connectivity index (χ0v) is 12.6. The number of hydrogen-bond acceptors (Lipinski definition) is 7. The minimum Gasteiger partial charge on any atom is -0.380 e. The Balaban J connectivity index is 2.12. The van der Waals surface area contributed by atoms with Crippen molar-refractivity contribution in [3.8, 4) is 0 Å². The molecule has 2 rings (SSSR count). The standard InChI is InChI=1S/C12H16N6O2S/c1-3-6-13-10-5-4-9(7-11(10)18(19)20)8-21-12-14-15-16-17(12)2/h4-5,7,13H,3,6,8H2,1-2H3. The monoisotopic (exact) mass is 308 g/mol. The molecule has 0 radical (unpaired) electrons. The van der Waals surface area contributed by atoms with Crippen molar-refractivity contribution >= 4 is 23.1 Å². The fraction of sp³-hybridized carbons (Fsp3) is 0.417. The summed E-state index contributed by atoms with van der Waals surface area (Å²) >= 11 is 1.43. The van der Waals surface area contributed by atoms with E-state index in [0.29, 0.717) is 23.1 Å². The molecule has 21 heavy (non-hydrogen) atoms. The third-order valence-electron chi connectivity index (χ3n) is 2.77. The molecule has 9 heteroatoms. The number of benzene rings is 1. The van der Waals surface area contributed by atoms with Crippen LogP contribution in [0.5, 0.6) is 0 Å². The normalized spacial score (nSPS) is 10.6. The van der Waals surface area contributed by atoms with Crippen molar-refractivity contribution in [3.05, 3.63) is 33.9 Å². The van der Waals surface area contributed by atoms with E-state index in [0.717, 1.165) is 12.0 Å². The molecule has 0 saturated heterocycles. The molecule has 1 aromatic carbocycles. The van der Waals surface area contributed by atoms with Gasteiger partial charge in [-0.25, -0.2) is 4.68 Å². The molecule has 1 aromatic heterocycles. The highest BCUT2D eigenvalue weighted by molar-refractivity contribution is 7.98. The quantitative estimate of drug-likeness (QED) is 0.475. The predicted octanol–water partition coefficient (Wildman–Crippen LogP) is 2.23. The van der Waals surface area contributed by atoms with Gasteiger partial charge in [0.25, 0.3) is 5.69 Å². The molecule has 0 bridgehead atoms. The van der Waals surface area contributed by atoms with Crippen LogP contribution >= 0.6 is 11.8 Å². The number of hydrogen-bond donors (Lipinski definition) is 1. The minimum atomic E-state index is -0.365. The van der Waals surface area contributed by atoms with Gasteiger partial charge >= 0.3 is 0 Å². The van der Waals surface area contributed by atoms with Gasteiger partial charge in [0.1, 0.15) is 5.69 Å². The van der Waals surface area contributed by atoms with Crippen molar-refractivity contribution in [2.45, 2.75) is 24.3 Å². The number of tetrazole rings is 1. The zero-order chi connectivity index (χ0) is 15.2. The lowest BCUT2D eigenvalue weighted by Gasteiger charge is -2.07. The Labute approximate surface area is 126 Å². The fourth-order valence-corrected chi connectivity index (χ4v) is 2.51. The summed E-state index contributed by atoms with van der Waals surface area (Å²) in [5.41, 5.74) is 1.50. The molecule has 0 aliphatic rings. The van der Waals surface area contributed by atoms with Gasteiger partial charge in [0.2, 0.25) is 5.16 Å². The smallest absolute Gasteiger partial charge is 0.292 e. The summed E-state index contributed by atoms with van der Waals surface area (Å²) in [5, 5.41) is 26.0. The maximum Gasteiger partial charge on any atom is 0.292 e. The van der Waals surface area contributed by atoms with Crippen LogP contribution < -0.4 is 5.32 Å². The van der Waals surface area contributed by atoms with E-state index in [4.69, 9.17) is 0 Å². The molecule has 0 saturated carbocycles. The second-order valence-corrected chi connectivity index (χ2v) is 5.35. The molecule has 1 heterocycles. The Morgan fingerprint density at radius 1 is 1.48 bits per heavy atom. The Morgan fingerprint density at radius 3 is 2.90 bits per heavy atom. The zero-order valence-electron chi connectivity index (χ0n) is 11.8. The molecule has 0 aliphatic heterocycles. The summed E-state index contributed by atoms with van der Waals surface area (Å²) in [6.07, 6.45) is 0.911. The number of aromatic nitrogens is 4. The van der Waals surface area contributed by atoms with Crippen molar-refractivity contribution in [2.24, 2.45) is 7.05 Å². The number of nitrogens with zero attached hydrogens (tertiary/aromatic N) is 5. The first-order valence-corrected chi connectivity index (χ1v) is 7.46. The Morgan fingerprint density at radius 2 is 2.29 bits per heavy atom. The molecule has 0 fully saturated rings. The number of rotatable bonds is 7. The highest BCUT2D eigenvalue weighted by Crippen LogP contribution is 2.28. The van der Waals surface area contributed by atoms with Crippen molar-refractivity contribution in [3.63, 3.8) is 0 Å². The first-order chi connectivity index (χ1) is 10.1. The number of nitro groups is 1. The van der Waals surface area contributed by atoms with Crippen LogP contribution in [0.2, 0.25) is 0 Å².